The molecular weight excluding hydrogens is 457 g/mol. The SMILES string of the molecule is CC(C)NC(=O)c1ccc2ccc(C(=N)n3cc(C(N4CCCC4)C(F)(F)F)ccc3=N)nc2c1. The molecule has 0 spiro atoms. The molecule has 35 heavy (non-hydrogen) atoms. The average molecular weight is 485 g/mol. The van der Waals surface area contributed by atoms with Gasteiger partial charge in [-0.25, -0.2) is 4.98 Å². The van der Waals surface area contributed by atoms with Gasteiger partial charge in [0.25, 0.3) is 5.91 Å². The van der Waals surface area contributed by atoms with Gasteiger partial charge in [-0.2, -0.15) is 13.2 Å². The number of nitrogens with zero attached hydrogens (tertiary/aromatic N) is 3. The molecule has 0 bridgehead atoms. The molecule has 1 aliphatic heterocycles. The molecule has 1 unspecified atom stereocenters. The summed E-state index contributed by atoms with van der Waals surface area (Å²) in [6.07, 6.45) is -1.87. The minimum Gasteiger partial charge on any atom is -0.350 e. The van der Waals surface area contributed by atoms with Gasteiger partial charge in [-0.05, 0) is 69.6 Å². The molecule has 1 atom stereocenters. The van der Waals surface area contributed by atoms with Crippen LogP contribution in [0, 0.1) is 10.8 Å². The van der Waals surface area contributed by atoms with E-state index >= 15 is 0 Å². The Morgan fingerprint density at radius 2 is 1.77 bits per heavy atom. The number of carbonyl (C=O) groups is 1. The van der Waals surface area contributed by atoms with Gasteiger partial charge in [0.2, 0.25) is 0 Å². The third-order valence-electron chi connectivity index (χ3n) is 5.96. The fourth-order valence-electron chi connectivity index (χ4n) is 4.33. The van der Waals surface area contributed by atoms with Gasteiger partial charge >= 0.3 is 6.18 Å². The van der Waals surface area contributed by atoms with Gasteiger partial charge in [0, 0.05) is 23.2 Å². The summed E-state index contributed by atoms with van der Waals surface area (Å²) in [7, 11) is 0. The highest BCUT2D eigenvalue weighted by molar-refractivity contribution is 6.00. The minimum absolute atomic E-state index is 0.0198. The van der Waals surface area contributed by atoms with Crippen molar-refractivity contribution in [2.75, 3.05) is 13.1 Å². The van der Waals surface area contributed by atoms with Crippen molar-refractivity contribution in [1.29, 1.82) is 10.8 Å². The fraction of sp³-hybridized carbons (Fsp3) is 0.360. The van der Waals surface area contributed by atoms with Crippen molar-refractivity contribution in [2.45, 2.75) is 44.9 Å². The van der Waals surface area contributed by atoms with Gasteiger partial charge in [0.05, 0.1) is 5.52 Å². The lowest BCUT2D eigenvalue weighted by atomic mass is 10.1. The first kappa shape index (κ1) is 24.6. The van der Waals surface area contributed by atoms with Gasteiger partial charge in [-0.3, -0.25) is 25.1 Å². The van der Waals surface area contributed by atoms with Crippen LogP contribution in [0.5, 0.6) is 0 Å². The molecule has 7 nitrogen and oxygen atoms in total. The molecule has 1 saturated heterocycles. The predicted molar refractivity (Wildman–Crippen MR) is 126 cm³/mol. The number of amides is 1. The van der Waals surface area contributed by atoms with E-state index in [2.05, 4.69) is 10.3 Å². The Labute approximate surface area is 200 Å². The lowest BCUT2D eigenvalue weighted by molar-refractivity contribution is -0.183. The molecule has 1 aliphatic rings. The number of fused-ring (bicyclic) bond motifs is 1. The average Bonchev–Trinajstić information content (AvgIpc) is 3.31. The maximum absolute atomic E-state index is 14.0. The van der Waals surface area contributed by atoms with E-state index in [1.54, 1.807) is 30.3 Å². The van der Waals surface area contributed by atoms with Gasteiger partial charge in [0.1, 0.15) is 17.2 Å². The van der Waals surface area contributed by atoms with Crippen molar-refractivity contribution in [3.05, 3.63) is 71.0 Å². The Hall–Kier alpha value is -3.53. The quantitative estimate of drug-likeness (QED) is 0.374. The van der Waals surface area contributed by atoms with Crippen molar-refractivity contribution in [1.82, 2.24) is 19.8 Å². The molecule has 184 valence electrons. The number of halogens is 3. The van der Waals surface area contributed by atoms with Gasteiger partial charge in [-0.15, -0.1) is 0 Å². The second-order valence-electron chi connectivity index (χ2n) is 8.99. The summed E-state index contributed by atoms with van der Waals surface area (Å²) < 4.78 is 43.0. The summed E-state index contributed by atoms with van der Waals surface area (Å²) in [6, 6.07) is 9.10. The molecule has 1 aromatic carbocycles. The zero-order valence-corrected chi connectivity index (χ0v) is 19.5. The summed E-state index contributed by atoms with van der Waals surface area (Å²) in [5, 5.41) is 20.4. The third kappa shape index (κ3) is 5.27. The van der Waals surface area contributed by atoms with E-state index in [9.17, 15) is 18.0 Å². The largest absolute Gasteiger partial charge is 0.408 e. The maximum atomic E-state index is 14.0. The van der Waals surface area contributed by atoms with Gasteiger partial charge in [-0.1, -0.05) is 18.2 Å². The number of benzene rings is 1. The number of pyridine rings is 2. The smallest absolute Gasteiger partial charge is 0.350 e. The van der Waals surface area contributed by atoms with Crippen LogP contribution in [0.4, 0.5) is 13.2 Å². The van der Waals surface area contributed by atoms with Crippen molar-refractivity contribution in [2.24, 2.45) is 0 Å². The van der Waals surface area contributed by atoms with E-state index < -0.39 is 12.2 Å². The van der Waals surface area contributed by atoms with Crippen LogP contribution in [0.25, 0.3) is 10.9 Å². The molecule has 0 saturated carbocycles. The fourth-order valence-corrected chi connectivity index (χ4v) is 4.33. The molecule has 3 aromatic rings. The Morgan fingerprint density at radius 1 is 1.09 bits per heavy atom. The number of hydrogen-bond acceptors (Lipinski definition) is 5. The van der Waals surface area contributed by atoms with Crippen LogP contribution >= 0.6 is 0 Å². The van der Waals surface area contributed by atoms with Crippen LogP contribution in [-0.2, 0) is 0 Å². The standard InChI is InChI=1S/C25H27F3N6O/c1-15(2)31-24(35)17-6-5-16-7-9-19(32-20(16)13-17)23(30)34-14-18(8-10-21(34)29)22(25(26,27)28)33-11-3-4-12-33/h5-10,13-15,22,29-30H,3-4,11-12H2,1-2H3,(H,31,35). The van der Waals surface area contributed by atoms with E-state index in [0.717, 1.165) is 9.95 Å². The molecular formula is C25H27F3N6O. The zero-order chi connectivity index (χ0) is 25.3. The van der Waals surface area contributed by atoms with Crippen molar-refractivity contribution in [3.63, 3.8) is 0 Å². The number of alkyl halides is 3. The van der Waals surface area contributed by atoms with E-state index in [-0.39, 0.29) is 34.5 Å². The van der Waals surface area contributed by atoms with Crippen molar-refractivity contribution >= 4 is 22.6 Å². The number of rotatable bonds is 5. The molecule has 0 aliphatic carbocycles. The lowest BCUT2D eigenvalue weighted by Gasteiger charge is -2.30. The topological polar surface area (TPSA) is 97.9 Å². The number of aromatic nitrogens is 2. The number of likely N-dealkylation sites (tertiary alicyclic amines) is 1. The predicted octanol–water partition coefficient (Wildman–Crippen LogP) is 4.23. The van der Waals surface area contributed by atoms with Crippen LogP contribution in [0.1, 0.15) is 54.3 Å². The highest BCUT2D eigenvalue weighted by Gasteiger charge is 2.45. The first-order chi connectivity index (χ1) is 16.5. The van der Waals surface area contributed by atoms with Crippen LogP contribution < -0.4 is 10.8 Å². The first-order valence-corrected chi connectivity index (χ1v) is 11.4. The Morgan fingerprint density at radius 3 is 2.43 bits per heavy atom. The molecule has 4 rings (SSSR count). The molecule has 3 N–H and O–H groups in total. The lowest BCUT2D eigenvalue weighted by Crippen LogP contribution is -2.38. The maximum Gasteiger partial charge on any atom is 0.408 e. The number of carbonyl (C=O) groups excluding carboxylic acids is 1. The molecule has 0 radical (unpaired) electrons. The summed E-state index contributed by atoms with van der Waals surface area (Å²) >= 11 is 0. The summed E-state index contributed by atoms with van der Waals surface area (Å²) in [5.74, 6) is -0.474. The van der Waals surface area contributed by atoms with E-state index in [1.165, 1.54) is 23.2 Å². The van der Waals surface area contributed by atoms with Crippen LogP contribution in [0.2, 0.25) is 0 Å². The Balaban J connectivity index is 1.71. The van der Waals surface area contributed by atoms with Crippen molar-refractivity contribution < 1.29 is 18.0 Å². The molecule has 2 aromatic heterocycles. The highest BCUT2D eigenvalue weighted by atomic mass is 19.4. The summed E-state index contributed by atoms with van der Waals surface area (Å²) in [6.45, 7) is 4.41. The molecule has 1 fully saturated rings. The van der Waals surface area contributed by atoms with Crippen LogP contribution in [-0.4, -0.2) is 51.5 Å². The van der Waals surface area contributed by atoms with Gasteiger partial charge in [0.15, 0.2) is 5.84 Å². The van der Waals surface area contributed by atoms with Gasteiger partial charge < -0.3 is 5.32 Å². The van der Waals surface area contributed by atoms with E-state index in [1.807, 2.05) is 13.8 Å². The Bertz CT molecular complexity index is 1320. The molecule has 3 heterocycles. The minimum atomic E-state index is -4.48. The van der Waals surface area contributed by atoms with Crippen LogP contribution in [0.3, 0.4) is 0 Å². The zero-order valence-electron chi connectivity index (χ0n) is 19.5. The van der Waals surface area contributed by atoms with Crippen LogP contribution in [0.15, 0.2) is 48.7 Å². The van der Waals surface area contributed by atoms with E-state index in [0.29, 0.717) is 37.0 Å². The number of hydrogen-bond donors (Lipinski definition) is 3. The molecule has 10 heteroatoms. The third-order valence-corrected chi connectivity index (χ3v) is 5.96. The van der Waals surface area contributed by atoms with Crippen molar-refractivity contribution in [3.8, 4) is 0 Å². The second kappa shape index (κ2) is 9.61. The normalized spacial score (nSPS) is 15.5. The first-order valence-electron chi connectivity index (χ1n) is 11.4. The number of nitrogens with one attached hydrogen (secondary N) is 3. The Kier molecular flexibility index (Phi) is 6.75. The highest BCUT2D eigenvalue weighted by Crippen LogP contribution is 2.39. The summed E-state index contributed by atoms with van der Waals surface area (Å²) in [5.41, 5.74) is 0.912. The second-order valence-corrected chi connectivity index (χ2v) is 8.99. The summed E-state index contributed by atoms with van der Waals surface area (Å²) in [4.78, 5) is 18.2. The van der Waals surface area contributed by atoms with E-state index in [4.69, 9.17) is 10.8 Å². The molecule has 1 amide bonds. The monoisotopic (exact) mass is 484 g/mol.